The smallest absolute Gasteiger partial charge is 0.119 e. The highest BCUT2D eigenvalue weighted by atomic mass is 79.9. The molecule has 0 fully saturated rings. The van der Waals surface area contributed by atoms with Gasteiger partial charge in [0.05, 0.1) is 16.5 Å². The van der Waals surface area contributed by atoms with Gasteiger partial charge in [0.15, 0.2) is 0 Å². The van der Waals surface area contributed by atoms with E-state index in [9.17, 15) is 0 Å². The zero-order valence-corrected chi connectivity index (χ0v) is 18.2. The van der Waals surface area contributed by atoms with Crippen LogP contribution < -0.4 is 10.1 Å². The van der Waals surface area contributed by atoms with Crippen molar-refractivity contribution in [1.29, 1.82) is 0 Å². The number of hydrogen-bond donors (Lipinski definition) is 1. The molecule has 0 spiro atoms. The average molecular weight is 461 g/mol. The highest BCUT2D eigenvalue weighted by molar-refractivity contribution is 9.10. The van der Waals surface area contributed by atoms with Crippen LogP contribution in [0.4, 0.5) is 11.4 Å². The quantitative estimate of drug-likeness (QED) is 0.307. The molecule has 0 unspecified atom stereocenters. The molecule has 0 aromatic heterocycles. The summed E-state index contributed by atoms with van der Waals surface area (Å²) >= 11 is 15.7. The molecule has 3 rings (SSSR count). The summed E-state index contributed by atoms with van der Waals surface area (Å²) in [6.45, 7) is 4.64. The SMILES string of the molecule is CCOc1ccc(C(=S)c2ccc(Nc3ccc(Br)cc3)cc2Cl)c(C)c1. The van der Waals surface area contributed by atoms with E-state index in [2.05, 4.69) is 21.2 Å². The van der Waals surface area contributed by atoms with Crippen LogP contribution >= 0.6 is 39.7 Å². The minimum Gasteiger partial charge on any atom is -0.494 e. The Hall–Kier alpha value is -1.88. The van der Waals surface area contributed by atoms with Crippen LogP contribution in [0.2, 0.25) is 5.02 Å². The minimum absolute atomic E-state index is 0.621. The zero-order valence-electron chi connectivity index (χ0n) is 15.1. The maximum absolute atomic E-state index is 6.54. The standard InChI is InChI=1S/C22H19BrClNOS/c1-3-26-18-9-11-19(14(2)12-18)22(27)20-10-8-17(13-21(20)24)25-16-6-4-15(23)5-7-16/h4-13,25H,3H2,1-2H3. The largest absolute Gasteiger partial charge is 0.494 e. The number of halogens is 2. The molecule has 27 heavy (non-hydrogen) atoms. The van der Waals surface area contributed by atoms with E-state index in [1.54, 1.807) is 0 Å². The van der Waals surface area contributed by atoms with Crippen molar-refractivity contribution < 1.29 is 4.74 Å². The summed E-state index contributed by atoms with van der Waals surface area (Å²) in [5, 5.41) is 3.97. The van der Waals surface area contributed by atoms with Gasteiger partial charge in [-0.2, -0.15) is 0 Å². The third-order valence-electron chi connectivity index (χ3n) is 4.10. The van der Waals surface area contributed by atoms with Crippen LogP contribution in [0, 0.1) is 6.92 Å². The van der Waals surface area contributed by atoms with Crippen LogP contribution in [0.5, 0.6) is 5.75 Å². The summed E-state index contributed by atoms with van der Waals surface area (Å²) in [4.78, 5) is 0.732. The molecule has 1 N–H and O–H groups in total. The predicted octanol–water partition coefficient (Wildman–Crippen LogP) is 7.32. The van der Waals surface area contributed by atoms with E-state index in [0.29, 0.717) is 11.6 Å². The van der Waals surface area contributed by atoms with Gasteiger partial charge in [0, 0.05) is 21.4 Å². The molecule has 0 aliphatic heterocycles. The third kappa shape index (κ3) is 4.89. The number of hydrogen-bond acceptors (Lipinski definition) is 3. The van der Waals surface area contributed by atoms with Crippen LogP contribution in [-0.4, -0.2) is 11.5 Å². The molecule has 0 aliphatic rings. The van der Waals surface area contributed by atoms with E-state index in [1.807, 2.05) is 74.5 Å². The lowest BCUT2D eigenvalue weighted by atomic mass is 9.99. The van der Waals surface area contributed by atoms with Crippen LogP contribution in [-0.2, 0) is 0 Å². The van der Waals surface area contributed by atoms with Crippen molar-refractivity contribution >= 4 is 56.0 Å². The van der Waals surface area contributed by atoms with Crippen molar-refractivity contribution in [2.24, 2.45) is 0 Å². The molecule has 2 nitrogen and oxygen atoms in total. The Balaban J connectivity index is 1.82. The van der Waals surface area contributed by atoms with Gasteiger partial charge in [-0.3, -0.25) is 0 Å². The van der Waals surface area contributed by atoms with E-state index < -0.39 is 0 Å². The number of rotatable bonds is 6. The fraction of sp³-hybridized carbons (Fsp3) is 0.136. The maximum atomic E-state index is 6.54. The van der Waals surface area contributed by atoms with Crippen molar-refractivity contribution in [3.8, 4) is 5.75 Å². The lowest BCUT2D eigenvalue weighted by molar-refractivity contribution is 0.340. The molecule has 3 aromatic rings. The molecule has 3 aromatic carbocycles. The van der Waals surface area contributed by atoms with Gasteiger partial charge in [-0.15, -0.1) is 0 Å². The average Bonchev–Trinajstić information content (AvgIpc) is 2.64. The van der Waals surface area contributed by atoms with Gasteiger partial charge in [-0.1, -0.05) is 39.7 Å². The second-order valence-corrected chi connectivity index (χ2v) is 7.80. The highest BCUT2D eigenvalue weighted by Gasteiger charge is 2.12. The first-order valence-electron chi connectivity index (χ1n) is 8.58. The Bertz CT molecular complexity index is 973. The van der Waals surface area contributed by atoms with E-state index >= 15 is 0 Å². The summed E-state index contributed by atoms with van der Waals surface area (Å²) in [5.41, 5.74) is 4.81. The first kappa shape index (κ1) is 19.9. The number of nitrogens with one attached hydrogen (secondary N) is 1. The Morgan fingerprint density at radius 3 is 2.30 bits per heavy atom. The van der Waals surface area contributed by atoms with Gasteiger partial charge in [0.2, 0.25) is 0 Å². The molecule has 0 aliphatic carbocycles. The number of thiocarbonyl (C=S) groups is 1. The molecule has 0 bridgehead atoms. The predicted molar refractivity (Wildman–Crippen MR) is 122 cm³/mol. The van der Waals surface area contributed by atoms with Crippen molar-refractivity contribution in [2.45, 2.75) is 13.8 Å². The van der Waals surface area contributed by atoms with E-state index in [1.165, 1.54) is 0 Å². The third-order valence-corrected chi connectivity index (χ3v) is 5.38. The van der Waals surface area contributed by atoms with Crippen molar-refractivity contribution in [1.82, 2.24) is 0 Å². The first-order valence-corrected chi connectivity index (χ1v) is 10.2. The highest BCUT2D eigenvalue weighted by Crippen LogP contribution is 2.28. The molecular formula is C22H19BrClNOS. The minimum atomic E-state index is 0.621. The lowest BCUT2D eigenvalue weighted by Crippen LogP contribution is -2.04. The van der Waals surface area contributed by atoms with Crippen molar-refractivity contribution in [3.05, 3.63) is 86.8 Å². The van der Waals surface area contributed by atoms with Crippen LogP contribution in [0.1, 0.15) is 23.6 Å². The monoisotopic (exact) mass is 459 g/mol. The summed E-state index contributed by atoms with van der Waals surface area (Å²) < 4.78 is 6.59. The van der Waals surface area contributed by atoms with Gasteiger partial charge in [-0.25, -0.2) is 0 Å². The molecule has 0 saturated carbocycles. The Labute approximate surface area is 178 Å². The molecule has 0 atom stereocenters. The second kappa shape index (κ2) is 8.87. The molecule has 138 valence electrons. The first-order chi connectivity index (χ1) is 13.0. The molecular weight excluding hydrogens is 442 g/mol. The normalized spacial score (nSPS) is 10.5. The van der Waals surface area contributed by atoms with Gasteiger partial charge < -0.3 is 10.1 Å². The summed E-state index contributed by atoms with van der Waals surface area (Å²) in [7, 11) is 0. The molecule has 0 amide bonds. The number of ether oxygens (including phenoxy) is 1. The summed E-state index contributed by atoms with van der Waals surface area (Å²) in [6, 6.07) is 19.8. The maximum Gasteiger partial charge on any atom is 0.119 e. The van der Waals surface area contributed by atoms with E-state index in [4.69, 9.17) is 28.6 Å². The van der Waals surface area contributed by atoms with Crippen molar-refractivity contribution in [3.63, 3.8) is 0 Å². The zero-order chi connectivity index (χ0) is 19.4. The fourth-order valence-electron chi connectivity index (χ4n) is 2.77. The summed E-state index contributed by atoms with van der Waals surface area (Å²) in [5.74, 6) is 0.849. The van der Waals surface area contributed by atoms with Crippen LogP contribution in [0.15, 0.2) is 65.1 Å². The number of benzene rings is 3. The van der Waals surface area contributed by atoms with Crippen molar-refractivity contribution in [2.75, 3.05) is 11.9 Å². The fourth-order valence-corrected chi connectivity index (χ4v) is 3.77. The molecule has 5 heteroatoms. The van der Waals surface area contributed by atoms with Gasteiger partial charge in [0.1, 0.15) is 5.75 Å². The van der Waals surface area contributed by atoms with E-state index in [-0.39, 0.29) is 0 Å². The molecule has 0 radical (unpaired) electrons. The number of anilines is 2. The molecule has 0 saturated heterocycles. The van der Waals surface area contributed by atoms with Crippen LogP contribution in [0.25, 0.3) is 0 Å². The number of aryl methyl sites for hydroxylation is 1. The van der Waals surface area contributed by atoms with Gasteiger partial charge in [-0.05, 0) is 85.6 Å². The Morgan fingerprint density at radius 1 is 1.00 bits per heavy atom. The Morgan fingerprint density at radius 2 is 1.67 bits per heavy atom. The second-order valence-electron chi connectivity index (χ2n) is 6.07. The molecule has 0 heterocycles. The van der Waals surface area contributed by atoms with Crippen LogP contribution in [0.3, 0.4) is 0 Å². The Kier molecular flexibility index (Phi) is 6.53. The lowest BCUT2D eigenvalue weighted by Gasteiger charge is -2.13. The summed E-state index contributed by atoms with van der Waals surface area (Å²) in [6.07, 6.45) is 0. The topological polar surface area (TPSA) is 21.3 Å². The van der Waals surface area contributed by atoms with Gasteiger partial charge in [0.25, 0.3) is 0 Å². The van der Waals surface area contributed by atoms with E-state index in [0.717, 1.165) is 43.2 Å². The van der Waals surface area contributed by atoms with Gasteiger partial charge >= 0.3 is 0 Å².